The van der Waals surface area contributed by atoms with E-state index >= 15 is 0 Å². The van der Waals surface area contributed by atoms with Crippen LogP contribution in [-0.2, 0) is 0 Å². The zero-order valence-electron chi connectivity index (χ0n) is 13.3. The molecule has 24 heavy (non-hydrogen) atoms. The van der Waals surface area contributed by atoms with Crippen LogP contribution in [-0.4, -0.2) is 28.4 Å². The first-order chi connectivity index (χ1) is 11.5. The van der Waals surface area contributed by atoms with Gasteiger partial charge in [-0.1, -0.05) is 0 Å². The molecule has 0 aliphatic carbocycles. The molecule has 0 aliphatic heterocycles. The second kappa shape index (κ2) is 6.74. The minimum absolute atomic E-state index is 0.0517. The maximum Gasteiger partial charge on any atom is 0.161 e. The van der Waals surface area contributed by atoms with Gasteiger partial charge in [-0.15, -0.1) is 11.3 Å². The van der Waals surface area contributed by atoms with Crippen molar-refractivity contribution in [2.75, 3.05) is 12.5 Å². The Bertz CT molecular complexity index is 939. The summed E-state index contributed by atoms with van der Waals surface area (Å²) < 4.78 is 5.82. The van der Waals surface area contributed by atoms with E-state index in [0.29, 0.717) is 17.1 Å². The van der Waals surface area contributed by atoms with Gasteiger partial charge in [0.25, 0.3) is 0 Å². The van der Waals surface area contributed by atoms with Crippen LogP contribution in [0.3, 0.4) is 0 Å². The van der Waals surface area contributed by atoms with Crippen LogP contribution in [0, 0.1) is 13.8 Å². The van der Waals surface area contributed by atoms with Crippen LogP contribution in [0.25, 0.3) is 10.2 Å². The highest BCUT2D eigenvalue weighted by molar-refractivity contribution is 9.10. The Labute approximate surface area is 151 Å². The standard InChI is InChI=1S/C16H15BrN4O2S/c1-8-9(2)24-16-14(8)15(18-7-19-16)21-20-6-10-4-12(22)13(23-3)5-11(10)17/h4-7,22H,1-3H3,(H,18,19,21)/b20-6-. The average molecular weight is 407 g/mol. The minimum atomic E-state index is 0.0517. The van der Waals surface area contributed by atoms with E-state index in [0.717, 1.165) is 20.3 Å². The van der Waals surface area contributed by atoms with Gasteiger partial charge in [0, 0.05) is 14.9 Å². The molecule has 0 bridgehead atoms. The Morgan fingerprint density at radius 3 is 2.88 bits per heavy atom. The number of aromatic nitrogens is 2. The third-order valence-electron chi connectivity index (χ3n) is 3.64. The van der Waals surface area contributed by atoms with Crippen LogP contribution in [0.15, 0.2) is 28.0 Å². The Kier molecular flexibility index (Phi) is 4.68. The molecule has 0 atom stereocenters. The number of hydrazone groups is 1. The molecule has 124 valence electrons. The largest absolute Gasteiger partial charge is 0.504 e. The van der Waals surface area contributed by atoms with E-state index < -0.39 is 0 Å². The number of rotatable bonds is 4. The topological polar surface area (TPSA) is 79.6 Å². The number of fused-ring (bicyclic) bond motifs is 1. The molecule has 1 aromatic carbocycles. The van der Waals surface area contributed by atoms with Gasteiger partial charge in [0.2, 0.25) is 0 Å². The molecule has 0 spiro atoms. The third-order valence-corrected chi connectivity index (χ3v) is 5.44. The number of hydrogen-bond acceptors (Lipinski definition) is 7. The summed E-state index contributed by atoms with van der Waals surface area (Å²) in [5, 5.41) is 15.1. The van der Waals surface area contributed by atoms with E-state index in [1.165, 1.54) is 18.3 Å². The number of aryl methyl sites for hydroxylation is 2. The van der Waals surface area contributed by atoms with Gasteiger partial charge >= 0.3 is 0 Å². The van der Waals surface area contributed by atoms with Crippen LogP contribution in [0.1, 0.15) is 16.0 Å². The van der Waals surface area contributed by atoms with Gasteiger partial charge < -0.3 is 9.84 Å². The van der Waals surface area contributed by atoms with Crippen LogP contribution < -0.4 is 10.2 Å². The van der Waals surface area contributed by atoms with E-state index in [-0.39, 0.29) is 5.75 Å². The minimum Gasteiger partial charge on any atom is -0.504 e. The Balaban J connectivity index is 1.89. The van der Waals surface area contributed by atoms with Gasteiger partial charge in [-0.3, -0.25) is 5.43 Å². The fourth-order valence-electron chi connectivity index (χ4n) is 2.25. The first-order valence-corrected chi connectivity index (χ1v) is 8.68. The van der Waals surface area contributed by atoms with Crippen molar-refractivity contribution in [3.63, 3.8) is 0 Å². The zero-order valence-corrected chi connectivity index (χ0v) is 15.7. The van der Waals surface area contributed by atoms with Crippen molar-refractivity contribution in [2.45, 2.75) is 13.8 Å². The Hall–Kier alpha value is -2.19. The molecule has 0 fully saturated rings. The number of nitrogens with zero attached hydrogens (tertiary/aromatic N) is 3. The van der Waals surface area contributed by atoms with Gasteiger partial charge in [-0.05, 0) is 47.5 Å². The second-order valence-corrected chi connectivity index (χ2v) is 7.16. The summed E-state index contributed by atoms with van der Waals surface area (Å²) in [6, 6.07) is 3.26. The van der Waals surface area contributed by atoms with Crippen LogP contribution in [0.2, 0.25) is 0 Å². The van der Waals surface area contributed by atoms with E-state index in [4.69, 9.17) is 4.74 Å². The number of hydrogen-bond donors (Lipinski definition) is 2. The summed E-state index contributed by atoms with van der Waals surface area (Å²) in [5.74, 6) is 1.11. The number of anilines is 1. The molecule has 2 aromatic heterocycles. The van der Waals surface area contributed by atoms with Crippen molar-refractivity contribution in [1.82, 2.24) is 9.97 Å². The van der Waals surface area contributed by atoms with Crippen molar-refractivity contribution in [3.05, 3.63) is 38.9 Å². The number of halogens is 1. The molecule has 8 heteroatoms. The monoisotopic (exact) mass is 406 g/mol. The van der Waals surface area contributed by atoms with Crippen LogP contribution >= 0.6 is 27.3 Å². The predicted octanol–water partition coefficient (Wildman–Crippen LogP) is 4.23. The van der Waals surface area contributed by atoms with Crippen molar-refractivity contribution >= 4 is 49.5 Å². The number of benzene rings is 1. The molecule has 0 amide bonds. The van der Waals surface area contributed by atoms with Crippen molar-refractivity contribution in [2.24, 2.45) is 5.10 Å². The molecule has 6 nitrogen and oxygen atoms in total. The lowest BCUT2D eigenvalue weighted by Crippen LogP contribution is -1.96. The molecule has 3 aromatic rings. The number of aromatic hydroxyl groups is 1. The average Bonchev–Trinajstić information content (AvgIpc) is 2.86. The molecule has 2 heterocycles. The molecular formula is C16H15BrN4O2S. The lowest BCUT2D eigenvalue weighted by atomic mass is 10.2. The quantitative estimate of drug-likeness (QED) is 0.500. The van der Waals surface area contributed by atoms with E-state index in [9.17, 15) is 5.11 Å². The Morgan fingerprint density at radius 2 is 2.12 bits per heavy atom. The van der Waals surface area contributed by atoms with Crippen molar-refractivity contribution in [1.29, 1.82) is 0 Å². The maximum atomic E-state index is 9.87. The number of nitrogens with one attached hydrogen (secondary N) is 1. The van der Waals surface area contributed by atoms with E-state index in [1.54, 1.807) is 29.7 Å². The SMILES string of the molecule is COc1cc(Br)c(/C=N\Nc2ncnc3sc(C)c(C)c23)cc1O. The fraction of sp³-hybridized carbons (Fsp3) is 0.188. The van der Waals surface area contributed by atoms with Gasteiger partial charge in [-0.2, -0.15) is 5.10 Å². The van der Waals surface area contributed by atoms with E-state index in [1.807, 2.05) is 6.92 Å². The van der Waals surface area contributed by atoms with Gasteiger partial charge in [0.05, 0.1) is 18.7 Å². The highest BCUT2D eigenvalue weighted by Gasteiger charge is 2.11. The second-order valence-electron chi connectivity index (χ2n) is 5.10. The summed E-state index contributed by atoms with van der Waals surface area (Å²) in [4.78, 5) is 10.7. The van der Waals surface area contributed by atoms with Crippen molar-refractivity contribution in [3.8, 4) is 11.5 Å². The van der Waals surface area contributed by atoms with Gasteiger partial charge in [-0.25, -0.2) is 9.97 Å². The molecule has 0 saturated heterocycles. The number of ether oxygens (including phenoxy) is 1. The molecular weight excluding hydrogens is 392 g/mol. The lowest BCUT2D eigenvalue weighted by Gasteiger charge is -2.06. The third kappa shape index (κ3) is 3.07. The zero-order chi connectivity index (χ0) is 17.3. The first kappa shape index (κ1) is 16.7. The van der Waals surface area contributed by atoms with Gasteiger partial charge in [0.15, 0.2) is 17.3 Å². The highest BCUT2D eigenvalue weighted by atomic mass is 79.9. The maximum absolute atomic E-state index is 9.87. The molecule has 0 radical (unpaired) electrons. The number of thiophene rings is 1. The fourth-order valence-corrected chi connectivity index (χ4v) is 3.67. The summed E-state index contributed by atoms with van der Waals surface area (Å²) in [7, 11) is 1.50. The van der Waals surface area contributed by atoms with Crippen LogP contribution in [0.4, 0.5) is 5.82 Å². The first-order valence-electron chi connectivity index (χ1n) is 7.07. The van der Waals surface area contributed by atoms with Crippen molar-refractivity contribution < 1.29 is 9.84 Å². The van der Waals surface area contributed by atoms with E-state index in [2.05, 4.69) is 43.3 Å². The summed E-state index contributed by atoms with van der Waals surface area (Å²) in [6.45, 7) is 4.11. The van der Waals surface area contributed by atoms with Gasteiger partial charge in [0.1, 0.15) is 11.2 Å². The molecule has 0 saturated carbocycles. The van der Waals surface area contributed by atoms with Crippen LogP contribution in [0.5, 0.6) is 11.5 Å². The molecule has 0 aliphatic rings. The number of methoxy groups -OCH3 is 1. The molecule has 3 rings (SSSR count). The number of phenols is 1. The summed E-state index contributed by atoms with van der Waals surface area (Å²) in [6.07, 6.45) is 3.12. The predicted molar refractivity (Wildman–Crippen MR) is 100 cm³/mol. The highest BCUT2D eigenvalue weighted by Crippen LogP contribution is 2.33. The smallest absolute Gasteiger partial charge is 0.161 e. The molecule has 2 N–H and O–H groups in total. The molecule has 0 unspecified atom stereocenters. The Morgan fingerprint density at radius 1 is 1.33 bits per heavy atom. The summed E-state index contributed by atoms with van der Waals surface area (Å²) in [5.41, 5.74) is 4.82. The number of phenolic OH excluding ortho intramolecular Hbond substituents is 1. The lowest BCUT2D eigenvalue weighted by molar-refractivity contribution is 0.373. The summed E-state index contributed by atoms with van der Waals surface area (Å²) >= 11 is 5.06. The normalized spacial score (nSPS) is 11.3.